The lowest BCUT2D eigenvalue weighted by Crippen LogP contribution is -2.31. The topological polar surface area (TPSA) is 30.5 Å². The lowest BCUT2D eigenvalue weighted by molar-refractivity contribution is -0.145. The highest BCUT2D eigenvalue weighted by atomic mass is 16.7. The van der Waals surface area contributed by atoms with Crippen molar-refractivity contribution in [3.63, 3.8) is 0 Å². The molecule has 70 valence electrons. The summed E-state index contributed by atoms with van der Waals surface area (Å²) in [6.45, 7) is 4.54. The largest absolute Gasteiger partial charge is 0.348 e. The molecule has 0 aromatic carbocycles. The molecule has 2 aliphatic rings. The highest BCUT2D eigenvalue weighted by Gasteiger charge is 2.31. The standard InChI is InChI=1S/C9H17NO2/c1-9(11-6-7-12-9)4-5-10-8-2-3-8/h8,10H,2-7H2,1H3. The predicted octanol–water partition coefficient (Wildman–Crippen LogP) is 0.891. The summed E-state index contributed by atoms with van der Waals surface area (Å²) in [7, 11) is 0. The highest BCUT2D eigenvalue weighted by molar-refractivity contribution is 4.81. The van der Waals surface area contributed by atoms with Crippen LogP contribution in [0.15, 0.2) is 0 Å². The molecule has 1 saturated carbocycles. The molecule has 3 nitrogen and oxygen atoms in total. The summed E-state index contributed by atoms with van der Waals surface area (Å²) >= 11 is 0. The van der Waals surface area contributed by atoms with Gasteiger partial charge in [0.05, 0.1) is 13.2 Å². The minimum Gasteiger partial charge on any atom is -0.348 e. The van der Waals surface area contributed by atoms with E-state index in [1.807, 2.05) is 6.92 Å². The van der Waals surface area contributed by atoms with Crippen molar-refractivity contribution in [2.75, 3.05) is 19.8 Å². The lowest BCUT2D eigenvalue weighted by atomic mass is 10.2. The molecule has 3 heteroatoms. The first-order valence-corrected chi connectivity index (χ1v) is 4.80. The zero-order chi connectivity index (χ0) is 8.44. The van der Waals surface area contributed by atoms with E-state index in [2.05, 4.69) is 5.32 Å². The summed E-state index contributed by atoms with van der Waals surface area (Å²) in [6, 6.07) is 0.787. The van der Waals surface area contributed by atoms with E-state index in [0.29, 0.717) is 0 Å². The van der Waals surface area contributed by atoms with Crippen LogP contribution >= 0.6 is 0 Å². The average Bonchev–Trinajstić information content (AvgIpc) is 2.75. The number of hydrogen-bond donors (Lipinski definition) is 1. The fraction of sp³-hybridized carbons (Fsp3) is 1.00. The Morgan fingerprint density at radius 3 is 2.58 bits per heavy atom. The van der Waals surface area contributed by atoms with Gasteiger partial charge in [-0.15, -0.1) is 0 Å². The molecule has 2 rings (SSSR count). The highest BCUT2D eigenvalue weighted by Crippen LogP contribution is 2.23. The third-order valence-corrected chi connectivity index (χ3v) is 2.49. The minimum atomic E-state index is -0.304. The first-order valence-electron chi connectivity index (χ1n) is 4.80. The van der Waals surface area contributed by atoms with Crippen molar-refractivity contribution in [3.8, 4) is 0 Å². The normalized spacial score (nSPS) is 27.8. The quantitative estimate of drug-likeness (QED) is 0.681. The van der Waals surface area contributed by atoms with E-state index in [-0.39, 0.29) is 5.79 Å². The Kier molecular flexibility index (Phi) is 2.35. The van der Waals surface area contributed by atoms with E-state index in [1.54, 1.807) is 0 Å². The van der Waals surface area contributed by atoms with Crippen LogP contribution in [-0.2, 0) is 9.47 Å². The molecule has 1 saturated heterocycles. The summed E-state index contributed by atoms with van der Waals surface area (Å²) in [6.07, 6.45) is 3.65. The van der Waals surface area contributed by atoms with Gasteiger partial charge in [-0.2, -0.15) is 0 Å². The van der Waals surface area contributed by atoms with E-state index in [9.17, 15) is 0 Å². The Labute approximate surface area is 73.4 Å². The van der Waals surface area contributed by atoms with Crippen LogP contribution in [0.2, 0.25) is 0 Å². The summed E-state index contributed by atoms with van der Waals surface area (Å²) < 4.78 is 11.0. The Bertz CT molecular complexity index is 151. The third-order valence-electron chi connectivity index (χ3n) is 2.49. The van der Waals surface area contributed by atoms with Crippen molar-refractivity contribution in [2.45, 2.75) is 38.0 Å². The van der Waals surface area contributed by atoms with E-state index in [1.165, 1.54) is 12.8 Å². The van der Waals surface area contributed by atoms with E-state index >= 15 is 0 Å². The van der Waals surface area contributed by atoms with Gasteiger partial charge in [-0.1, -0.05) is 0 Å². The van der Waals surface area contributed by atoms with Crippen LogP contribution < -0.4 is 5.32 Å². The molecule has 2 fully saturated rings. The molecular formula is C9H17NO2. The molecule has 1 N–H and O–H groups in total. The molecule has 0 amide bonds. The van der Waals surface area contributed by atoms with Crippen LogP contribution in [0.1, 0.15) is 26.2 Å². The Morgan fingerprint density at radius 1 is 1.33 bits per heavy atom. The number of rotatable bonds is 4. The maximum absolute atomic E-state index is 5.48. The van der Waals surface area contributed by atoms with Gasteiger partial charge in [-0.25, -0.2) is 0 Å². The molecule has 1 aliphatic heterocycles. The summed E-state index contributed by atoms with van der Waals surface area (Å²) in [5.41, 5.74) is 0. The van der Waals surface area contributed by atoms with Gasteiger partial charge in [0.1, 0.15) is 0 Å². The fourth-order valence-electron chi connectivity index (χ4n) is 1.49. The molecule has 1 heterocycles. The second-order valence-corrected chi connectivity index (χ2v) is 3.81. The van der Waals surface area contributed by atoms with Gasteiger partial charge in [0, 0.05) is 19.0 Å². The van der Waals surface area contributed by atoms with Gasteiger partial charge in [0.2, 0.25) is 0 Å². The third kappa shape index (κ3) is 2.19. The number of hydrogen-bond acceptors (Lipinski definition) is 3. The zero-order valence-corrected chi connectivity index (χ0v) is 7.64. The maximum atomic E-state index is 5.48. The fourth-order valence-corrected chi connectivity index (χ4v) is 1.49. The van der Waals surface area contributed by atoms with Gasteiger partial charge < -0.3 is 14.8 Å². The average molecular weight is 171 g/mol. The van der Waals surface area contributed by atoms with Crippen LogP contribution in [0, 0.1) is 0 Å². The molecule has 12 heavy (non-hydrogen) atoms. The Morgan fingerprint density at radius 2 is 2.00 bits per heavy atom. The smallest absolute Gasteiger partial charge is 0.166 e. The molecule has 0 aromatic rings. The van der Waals surface area contributed by atoms with Crippen LogP contribution in [0.4, 0.5) is 0 Å². The zero-order valence-electron chi connectivity index (χ0n) is 7.64. The SMILES string of the molecule is CC1(CCNC2CC2)OCCO1. The van der Waals surface area contributed by atoms with Crippen LogP contribution in [0.25, 0.3) is 0 Å². The first kappa shape index (κ1) is 8.48. The Balaban J connectivity index is 1.63. The molecule has 0 radical (unpaired) electrons. The maximum Gasteiger partial charge on any atom is 0.166 e. The number of nitrogens with one attached hydrogen (secondary N) is 1. The van der Waals surface area contributed by atoms with Gasteiger partial charge in [0.25, 0.3) is 0 Å². The van der Waals surface area contributed by atoms with Gasteiger partial charge in [-0.05, 0) is 19.8 Å². The van der Waals surface area contributed by atoms with Crippen molar-refractivity contribution < 1.29 is 9.47 Å². The van der Waals surface area contributed by atoms with Gasteiger partial charge in [0.15, 0.2) is 5.79 Å². The predicted molar refractivity (Wildman–Crippen MR) is 46.0 cm³/mol. The monoisotopic (exact) mass is 171 g/mol. The molecule has 0 spiro atoms. The minimum absolute atomic E-state index is 0.304. The van der Waals surface area contributed by atoms with Crippen molar-refractivity contribution >= 4 is 0 Å². The van der Waals surface area contributed by atoms with E-state index in [0.717, 1.165) is 32.2 Å². The summed E-state index contributed by atoms with van der Waals surface area (Å²) in [5.74, 6) is -0.304. The molecule has 0 unspecified atom stereocenters. The molecule has 0 atom stereocenters. The lowest BCUT2D eigenvalue weighted by Gasteiger charge is -2.22. The first-order chi connectivity index (χ1) is 5.79. The molecule has 0 bridgehead atoms. The number of ether oxygens (including phenoxy) is 2. The van der Waals surface area contributed by atoms with E-state index < -0.39 is 0 Å². The molecule has 1 aliphatic carbocycles. The van der Waals surface area contributed by atoms with Gasteiger partial charge in [-0.3, -0.25) is 0 Å². The second-order valence-electron chi connectivity index (χ2n) is 3.81. The summed E-state index contributed by atoms with van der Waals surface area (Å²) in [4.78, 5) is 0. The molecular weight excluding hydrogens is 154 g/mol. The van der Waals surface area contributed by atoms with Crippen LogP contribution in [0.3, 0.4) is 0 Å². The van der Waals surface area contributed by atoms with Crippen LogP contribution in [-0.4, -0.2) is 31.6 Å². The second kappa shape index (κ2) is 3.32. The summed E-state index contributed by atoms with van der Waals surface area (Å²) in [5, 5.41) is 3.45. The van der Waals surface area contributed by atoms with Crippen molar-refractivity contribution in [2.24, 2.45) is 0 Å². The Hall–Kier alpha value is -0.120. The van der Waals surface area contributed by atoms with Crippen molar-refractivity contribution in [3.05, 3.63) is 0 Å². The van der Waals surface area contributed by atoms with E-state index in [4.69, 9.17) is 9.47 Å². The van der Waals surface area contributed by atoms with Crippen LogP contribution in [0.5, 0.6) is 0 Å². The van der Waals surface area contributed by atoms with Crippen molar-refractivity contribution in [1.29, 1.82) is 0 Å². The molecule has 0 aromatic heterocycles. The van der Waals surface area contributed by atoms with Gasteiger partial charge >= 0.3 is 0 Å². The van der Waals surface area contributed by atoms with Crippen molar-refractivity contribution in [1.82, 2.24) is 5.32 Å².